The number of carbonyl (C=O) groups is 1. The molecule has 3 rings (SSSR count). The number of hydrogen-bond acceptors (Lipinski definition) is 3. The Morgan fingerprint density at radius 2 is 2.00 bits per heavy atom. The number of amides is 1. The van der Waals surface area contributed by atoms with Crippen molar-refractivity contribution in [3.63, 3.8) is 0 Å². The fourth-order valence-electron chi connectivity index (χ4n) is 3.44. The highest BCUT2D eigenvalue weighted by molar-refractivity contribution is 5.85. The normalized spacial score (nSPS) is 21.8. The molecule has 22 heavy (non-hydrogen) atoms. The van der Waals surface area contributed by atoms with Crippen LogP contribution in [0.2, 0.25) is 0 Å². The summed E-state index contributed by atoms with van der Waals surface area (Å²) in [5.41, 5.74) is 1.55. The van der Waals surface area contributed by atoms with Crippen LogP contribution in [0.15, 0.2) is 24.3 Å². The van der Waals surface area contributed by atoms with Gasteiger partial charge in [-0.15, -0.1) is 12.4 Å². The highest BCUT2D eigenvalue weighted by Gasteiger charge is 2.57. The van der Waals surface area contributed by atoms with Gasteiger partial charge in [-0.3, -0.25) is 4.79 Å². The molecule has 1 amide bonds. The average molecular weight is 325 g/mol. The van der Waals surface area contributed by atoms with E-state index in [1.807, 2.05) is 12.1 Å². The van der Waals surface area contributed by atoms with Crippen LogP contribution < -0.4 is 15.4 Å². The van der Waals surface area contributed by atoms with Gasteiger partial charge in [0.15, 0.2) is 0 Å². The van der Waals surface area contributed by atoms with Crippen molar-refractivity contribution in [1.82, 2.24) is 10.6 Å². The zero-order valence-electron chi connectivity index (χ0n) is 13.1. The van der Waals surface area contributed by atoms with Crippen LogP contribution in [0.5, 0.6) is 5.75 Å². The van der Waals surface area contributed by atoms with Gasteiger partial charge in [-0.1, -0.05) is 12.1 Å². The third-order valence-electron chi connectivity index (χ3n) is 4.98. The summed E-state index contributed by atoms with van der Waals surface area (Å²) in [4.78, 5) is 12.2. The van der Waals surface area contributed by atoms with Crippen LogP contribution in [0, 0.1) is 11.3 Å². The predicted molar refractivity (Wildman–Crippen MR) is 89.6 cm³/mol. The lowest BCUT2D eigenvalue weighted by Crippen LogP contribution is -2.34. The van der Waals surface area contributed by atoms with Crippen molar-refractivity contribution in [2.24, 2.45) is 11.3 Å². The Labute approximate surface area is 138 Å². The molecule has 1 atom stereocenters. The topological polar surface area (TPSA) is 50.4 Å². The summed E-state index contributed by atoms with van der Waals surface area (Å²) in [7, 11) is 1.67. The summed E-state index contributed by atoms with van der Waals surface area (Å²) in [6.45, 7) is 2.85. The molecule has 1 aromatic rings. The first kappa shape index (κ1) is 17.1. The minimum Gasteiger partial charge on any atom is -0.497 e. The molecule has 5 heteroatoms. The van der Waals surface area contributed by atoms with Gasteiger partial charge in [0.1, 0.15) is 5.75 Å². The molecule has 4 nitrogen and oxygen atoms in total. The van der Waals surface area contributed by atoms with E-state index in [2.05, 4.69) is 22.8 Å². The molecule has 1 aliphatic heterocycles. The SMILES string of the molecule is COc1ccc(CCNC(=O)C2CC23CCNCC3)cc1.Cl. The van der Waals surface area contributed by atoms with Crippen LogP contribution in [0.25, 0.3) is 0 Å². The lowest BCUT2D eigenvalue weighted by Gasteiger charge is -2.23. The van der Waals surface area contributed by atoms with E-state index in [0.29, 0.717) is 5.41 Å². The van der Waals surface area contributed by atoms with Crippen LogP contribution in [0.1, 0.15) is 24.8 Å². The molecule has 1 aromatic carbocycles. The maximum atomic E-state index is 12.2. The Morgan fingerprint density at radius 3 is 2.64 bits per heavy atom. The Hall–Kier alpha value is -1.26. The summed E-state index contributed by atoms with van der Waals surface area (Å²) in [5, 5.41) is 6.47. The van der Waals surface area contributed by atoms with Crippen LogP contribution in [-0.2, 0) is 11.2 Å². The lowest BCUT2D eigenvalue weighted by molar-refractivity contribution is -0.123. The minimum atomic E-state index is 0. The number of methoxy groups -OCH3 is 1. The highest BCUT2D eigenvalue weighted by atomic mass is 35.5. The summed E-state index contributed by atoms with van der Waals surface area (Å²) < 4.78 is 5.14. The number of halogens is 1. The molecule has 0 bridgehead atoms. The van der Waals surface area contributed by atoms with Crippen LogP contribution in [0.3, 0.4) is 0 Å². The molecular weight excluding hydrogens is 300 g/mol. The quantitative estimate of drug-likeness (QED) is 0.872. The smallest absolute Gasteiger partial charge is 0.223 e. The van der Waals surface area contributed by atoms with Crippen LogP contribution in [-0.4, -0.2) is 32.7 Å². The van der Waals surface area contributed by atoms with Gasteiger partial charge in [0.05, 0.1) is 7.11 Å². The van der Waals surface area contributed by atoms with E-state index in [1.54, 1.807) is 7.11 Å². The van der Waals surface area contributed by atoms with Gasteiger partial charge in [0.2, 0.25) is 5.91 Å². The second-order valence-electron chi connectivity index (χ2n) is 6.26. The molecule has 2 N–H and O–H groups in total. The standard InChI is InChI=1S/C17H24N2O2.ClH/c1-21-14-4-2-13(3-5-14)6-9-19-16(20)15-12-17(15)7-10-18-11-8-17;/h2-5,15,18H,6-12H2,1H3,(H,19,20);1H. The van der Waals surface area contributed by atoms with E-state index in [1.165, 1.54) is 5.56 Å². The average Bonchev–Trinajstić information content (AvgIpc) is 3.22. The first-order valence-corrected chi connectivity index (χ1v) is 7.85. The van der Waals surface area contributed by atoms with E-state index in [9.17, 15) is 4.79 Å². The van der Waals surface area contributed by atoms with Gasteiger partial charge in [0, 0.05) is 12.5 Å². The summed E-state index contributed by atoms with van der Waals surface area (Å²) >= 11 is 0. The van der Waals surface area contributed by atoms with Gasteiger partial charge >= 0.3 is 0 Å². The minimum absolute atomic E-state index is 0. The first-order chi connectivity index (χ1) is 10.2. The van der Waals surface area contributed by atoms with Crippen molar-refractivity contribution in [1.29, 1.82) is 0 Å². The fraction of sp³-hybridized carbons (Fsp3) is 0.588. The molecule has 1 saturated carbocycles. The molecule has 1 unspecified atom stereocenters. The lowest BCUT2D eigenvalue weighted by atomic mass is 9.92. The van der Waals surface area contributed by atoms with Crippen molar-refractivity contribution < 1.29 is 9.53 Å². The molecule has 1 saturated heterocycles. The van der Waals surface area contributed by atoms with Gasteiger partial charge in [-0.05, 0) is 61.9 Å². The van der Waals surface area contributed by atoms with Crippen molar-refractivity contribution in [2.45, 2.75) is 25.7 Å². The number of ether oxygens (including phenoxy) is 1. The number of benzene rings is 1. The Bertz CT molecular complexity index is 498. The van der Waals surface area contributed by atoms with Crippen molar-refractivity contribution >= 4 is 18.3 Å². The zero-order chi connectivity index (χ0) is 14.7. The maximum absolute atomic E-state index is 12.2. The Balaban J connectivity index is 0.00000176. The van der Waals surface area contributed by atoms with Gasteiger partial charge in [-0.2, -0.15) is 0 Å². The van der Waals surface area contributed by atoms with E-state index in [0.717, 1.165) is 51.1 Å². The van der Waals surface area contributed by atoms with Gasteiger partial charge in [0.25, 0.3) is 0 Å². The monoisotopic (exact) mass is 324 g/mol. The predicted octanol–water partition coefficient (Wildman–Crippen LogP) is 2.17. The van der Waals surface area contributed by atoms with E-state index in [-0.39, 0.29) is 24.2 Å². The maximum Gasteiger partial charge on any atom is 0.223 e. The highest BCUT2D eigenvalue weighted by Crippen LogP contribution is 2.58. The summed E-state index contributed by atoms with van der Waals surface area (Å²) in [6, 6.07) is 8.02. The molecule has 0 aromatic heterocycles. The van der Waals surface area contributed by atoms with E-state index >= 15 is 0 Å². The summed E-state index contributed by atoms with van der Waals surface area (Å²) in [5.74, 6) is 1.38. The largest absolute Gasteiger partial charge is 0.497 e. The number of hydrogen-bond donors (Lipinski definition) is 2. The second-order valence-corrected chi connectivity index (χ2v) is 6.26. The first-order valence-electron chi connectivity index (χ1n) is 7.85. The number of carbonyl (C=O) groups excluding carboxylic acids is 1. The molecule has 2 aliphatic rings. The second kappa shape index (κ2) is 7.34. The third-order valence-corrected chi connectivity index (χ3v) is 4.98. The van der Waals surface area contributed by atoms with Crippen molar-refractivity contribution in [3.05, 3.63) is 29.8 Å². The molecule has 122 valence electrons. The third kappa shape index (κ3) is 3.73. The zero-order valence-corrected chi connectivity index (χ0v) is 13.9. The van der Waals surface area contributed by atoms with E-state index < -0.39 is 0 Å². The van der Waals surface area contributed by atoms with Gasteiger partial charge in [-0.25, -0.2) is 0 Å². The Morgan fingerprint density at radius 1 is 1.32 bits per heavy atom. The van der Waals surface area contributed by atoms with Gasteiger partial charge < -0.3 is 15.4 Å². The molecule has 0 radical (unpaired) electrons. The number of piperidine rings is 1. The Kier molecular flexibility index (Phi) is 5.70. The van der Waals surface area contributed by atoms with E-state index in [4.69, 9.17) is 4.74 Å². The number of nitrogens with one attached hydrogen (secondary N) is 2. The van der Waals surface area contributed by atoms with Crippen molar-refractivity contribution in [2.75, 3.05) is 26.7 Å². The molecule has 1 aliphatic carbocycles. The molecular formula is C17H25ClN2O2. The summed E-state index contributed by atoms with van der Waals surface area (Å²) in [6.07, 6.45) is 4.27. The number of rotatable bonds is 5. The fourth-order valence-corrected chi connectivity index (χ4v) is 3.44. The van der Waals surface area contributed by atoms with Crippen LogP contribution in [0.4, 0.5) is 0 Å². The molecule has 1 spiro atoms. The van der Waals surface area contributed by atoms with Crippen LogP contribution >= 0.6 is 12.4 Å². The van der Waals surface area contributed by atoms with Crippen molar-refractivity contribution in [3.8, 4) is 5.75 Å². The molecule has 2 fully saturated rings. The molecule has 1 heterocycles.